The van der Waals surface area contributed by atoms with Gasteiger partial charge < -0.3 is 5.32 Å². The van der Waals surface area contributed by atoms with E-state index in [-0.39, 0.29) is 39.1 Å². The van der Waals surface area contributed by atoms with Crippen molar-refractivity contribution in [2.24, 2.45) is 18.9 Å². The molecule has 2 aromatic rings. The first-order valence-corrected chi connectivity index (χ1v) is 10.1. The molecule has 14 heteroatoms. The SMILES string of the molecule is C[C@H]1C[C@H]1CC(=O)c1cc(NC(=O)c2c(C(F)(F)F)c(C(F)(F)C(F)(F)F)nn2C)ccc1Cl. The minimum atomic E-state index is -6.39. The smallest absolute Gasteiger partial charge is 0.321 e. The highest BCUT2D eigenvalue weighted by Crippen LogP contribution is 2.48. The Balaban J connectivity index is 1.98. The Bertz CT molecular complexity index is 1140. The van der Waals surface area contributed by atoms with Gasteiger partial charge in [-0.05, 0) is 36.5 Å². The summed E-state index contributed by atoms with van der Waals surface area (Å²) in [7, 11) is 0.619. The van der Waals surface area contributed by atoms with Gasteiger partial charge in [0.25, 0.3) is 5.91 Å². The lowest BCUT2D eigenvalue weighted by atomic mass is 10.0. The Morgan fingerprint density at radius 2 is 1.74 bits per heavy atom. The summed E-state index contributed by atoms with van der Waals surface area (Å²) in [5.41, 5.74) is -6.99. The van der Waals surface area contributed by atoms with Crippen LogP contribution in [0, 0.1) is 11.8 Å². The number of anilines is 1. The van der Waals surface area contributed by atoms with Gasteiger partial charge in [0.2, 0.25) is 0 Å². The summed E-state index contributed by atoms with van der Waals surface area (Å²) < 4.78 is 106. The second-order valence-corrected chi connectivity index (χ2v) is 8.42. The second-order valence-electron chi connectivity index (χ2n) is 8.01. The van der Waals surface area contributed by atoms with Gasteiger partial charge in [-0.2, -0.15) is 40.2 Å². The van der Waals surface area contributed by atoms with Crippen molar-refractivity contribution in [2.45, 2.75) is 38.0 Å². The van der Waals surface area contributed by atoms with E-state index in [0.29, 0.717) is 13.0 Å². The average molecular weight is 518 g/mol. The van der Waals surface area contributed by atoms with Crippen LogP contribution in [0.2, 0.25) is 5.02 Å². The first-order chi connectivity index (χ1) is 15.4. The van der Waals surface area contributed by atoms with Crippen LogP contribution in [-0.4, -0.2) is 27.6 Å². The molecule has 2 atom stereocenters. The van der Waals surface area contributed by atoms with E-state index in [1.165, 1.54) is 6.07 Å². The number of aromatic nitrogens is 2. The van der Waals surface area contributed by atoms with Crippen molar-refractivity contribution in [1.82, 2.24) is 9.78 Å². The van der Waals surface area contributed by atoms with Crippen molar-refractivity contribution >= 4 is 29.0 Å². The Morgan fingerprint density at radius 3 is 2.24 bits per heavy atom. The lowest BCUT2D eigenvalue weighted by molar-refractivity contribution is -0.292. The van der Waals surface area contributed by atoms with Crippen molar-refractivity contribution in [3.05, 3.63) is 45.7 Å². The van der Waals surface area contributed by atoms with Gasteiger partial charge in [0.05, 0.1) is 5.02 Å². The number of hydrogen-bond donors (Lipinski definition) is 1. The van der Waals surface area contributed by atoms with Gasteiger partial charge in [-0.15, -0.1) is 0 Å². The molecule has 1 N–H and O–H groups in total. The molecule has 1 aromatic carbocycles. The molecule has 0 radical (unpaired) electrons. The van der Waals surface area contributed by atoms with Crippen molar-refractivity contribution in [1.29, 1.82) is 0 Å². The maximum absolute atomic E-state index is 13.8. The number of benzene rings is 1. The molecule has 0 aliphatic heterocycles. The van der Waals surface area contributed by atoms with E-state index in [9.17, 15) is 44.7 Å². The van der Waals surface area contributed by atoms with Crippen molar-refractivity contribution in [2.75, 3.05) is 5.32 Å². The fourth-order valence-electron chi connectivity index (χ4n) is 3.45. The maximum atomic E-state index is 13.8. The summed E-state index contributed by atoms with van der Waals surface area (Å²) in [4.78, 5) is 25.0. The molecular weight excluding hydrogens is 502 g/mol. The molecule has 5 nitrogen and oxygen atoms in total. The number of halogens is 9. The normalized spacial score (nSPS) is 18.7. The zero-order valence-corrected chi connectivity index (χ0v) is 18.2. The quantitative estimate of drug-likeness (QED) is 0.365. The van der Waals surface area contributed by atoms with Crippen LogP contribution in [0.1, 0.15) is 51.9 Å². The molecule has 1 heterocycles. The summed E-state index contributed by atoms with van der Waals surface area (Å²) in [5.74, 6) is -7.52. The number of rotatable bonds is 6. The van der Waals surface area contributed by atoms with Gasteiger partial charge in [0.1, 0.15) is 11.3 Å². The lowest BCUT2D eigenvalue weighted by Crippen LogP contribution is -2.36. The summed E-state index contributed by atoms with van der Waals surface area (Å²) in [6, 6.07) is 3.41. The van der Waals surface area contributed by atoms with E-state index in [1.807, 2.05) is 12.2 Å². The standard InChI is InChI=1S/C20H16ClF8N3O2/c1-8-5-9(8)6-13(33)11-7-10(3-4-12(11)21)30-17(34)15-14(19(24,25)26)16(31-32(15)2)18(22,23)20(27,28)29/h3-4,7-9H,5-6H2,1-2H3,(H,30,34)/t8-,9-/m0/s1. The van der Waals surface area contributed by atoms with E-state index < -0.39 is 41.1 Å². The zero-order chi connectivity index (χ0) is 25.8. The number of ketones is 1. The van der Waals surface area contributed by atoms with Crippen molar-refractivity contribution in [3.8, 4) is 0 Å². The van der Waals surface area contributed by atoms with Crippen LogP contribution in [0.5, 0.6) is 0 Å². The van der Waals surface area contributed by atoms with Crippen molar-refractivity contribution in [3.63, 3.8) is 0 Å². The largest absolute Gasteiger partial charge is 0.459 e. The van der Waals surface area contributed by atoms with Crippen LogP contribution in [0.25, 0.3) is 0 Å². The summed E-state index contributed by atoms with van der Waals surface area (Å²) in [5, 5.41) is 4.67. The fraction of sp³-hybridized carbons (Fsp3) is 0.450. The molecule has 1 saturated carbocycles. The number of carbonyl (C=O) groups excluding carboxylic acids is 2. The molecule has 34 heavy (non-hydrogen) atoms. The van der Waals surface area contributed by atoms with Gasteiger partial charge in [-0.3, -0.25) is 14.3 Å². The number of hydrogen-bond acceptors (Lipinski definition) is 3. The summed E-state index contributed by atoms with van der Waals surface area (Å²) in [6.07, 6.45) is -11.2. The molecule has 0 spiro atoms. The minimum absolute atomic E-state index is 0.0103. The minimum Gasteiger partial charge on any atom is -0.321 e. The van der Waals surface area contributed by atoms with Crippen molar-refractivity contribution < 1.29 is 44.7 Å². The average Bonchev–Trinajstić information content (AvgIpc) is 3.23. The zero-order valence-electron chi connectivity index (χ0n) is 17.4. The second kappa shape index (κ2) is 8.51. The van der Waals surface area contributed by atoms with Gasteiger partial charge in [-0.25, -0.2) is 0 Å². The Labute approximate surface area is 192 Å². The Hall–Kier alpha value is -2.70. The van der Waals surface area contributed by atoms with Crippen LogP contribution in [0.3, 0.4) is 0 Å². The topological polar surface area (TPSA) is 64.0 Å². The van der Waals surface area contributed by atoms with Gasteiger partial charge in [0.15, 0.2) is 11.5 Å². The van der Waals surface area contributed by atoms with Crippen LogP contribution in [-0.2, 0) is 19.1 Å². The maximum Gasteiger partial charge on any atom is 0.459 e. The molecule has 0 unspecified atom stereocenters. The third-order valence-electron chi connectivity index (χ3n) is 5.45. The van der Waals surface area contributed by atoms with E-state index in [0.717, 1.165) is 18.6 Å². The number of nitrogens with zero attached hydrogens (tertiary/aromatic N) is 2. The van der Waals surface area contributed by atoms with Gasteiger partial charge in [0, 0.05) is 24.7 Å². The van der Waals surface area contributed by atoms with E-state index in [4.69, 9.17) is 11.6 Å². The number of Topliss-reactive ketones (excluding diaryl/α,β-unsaturated/α-hetero) is 1. The molecule has 1 amide bonds. The molecule has 1 aliphatic carbocycles. The Morgan fingerprint density at radius 1 is 1.15 bits per heavy atom. The highest BCUT2D eigenvalue weighted by Gasteiger charge is 2.64. The van der Waals surface area contributed by atoms with Gasteiger partial charge in [-0.1, -0.05) is 18.5 Å². The molecule has 0 saturated heterocycles. The highest BCUT2D eigenvalue weighted by atomic mass is 35.5. The molecule has 1 aliphatic rings. The van der Waals surface area contributed by atoms with E-state index in [2.05, 4.69) is 5.10 Å². The van der Waals surface area contributed by atoms with Gasteiger partial charge >= 0.3 is 18.3 Å². The number of amides is 1. The van der Waals surface area contributed by atoms with Crippen LogP contribution < -0.4 is 5.32 Å². The number of alkyl halides is 8. The molecule has 0 bridgehead atoms. The summed E-state index contributed by atoms with van der Waals surface area (Å²) in [6.45, 7) is 1.94. The number of nitrogens with one attached hydrogen (secondary N) is 1. The Kier molecular flexibility index (Phi) is 6.48. The predicted octanol–water partition coefficient (Wildman–Crippen LogP) is 6.23. The highest BCUT2D eigenvalue weighted by molar-refractivity contribution is 6.34. The van der Waals surface area contributed by atoms with Crippen LogP contribution in [0.4, 0.5) is 40.8 Å². The fourth-order valence-corrected chi connectivity index (χ4v) is 3.67. The van der Waals surface area contributed by atoms with E-state index >= 15 is 0 Å². The molecule has 1 aromatic heterocycles. The molecule has 1 fully saturated rings. The third kappa shape index (κ3) is 4.89. The lowest BCUT2D eigenvalue weighted by Gasteiger charge is -2.19. The van der Waals surface area contributed by atoms with E-state index in [1.54, 1.807) is 0 Å². The molecule has 3 rings (SSSR count). The number of carbonyl (C=O) groups is 2. The third-order valence-corrected chi connectivity index (χ3v) is 5.78. The predicted molar refractivity (Wildman–Crippen MR) is 104 cm³/mol. The first kappa shape index (κ1) is 25.9. The first-order valence-electron chi connectivity index (χ1n) is 9.68. The number of aryl methyl sites for hydroxylation is 1. The molecule has 186 valence electrons. The van der Waals surface area contributed by atoms with Crippen LogP contribution in [0.15, 0.2) is 18.2 Å². The molecular formula is C20H16ClF8N3O2. The summed E-state index contributed by atoms with van der Waals surface area (Å²) >= 11 is 6.01. The monoisotopic (exact) mass is 517 g/mol. The van der Waals surface area contributed by atoms with Crippen LogP contribution >= 0.6 is 11.6 Å².